The van der Waals surface area contributed by atoms with Gasteiger partial charge in [-0.05, 0) is 44.9 Å². The third kappa shape index (κ3) is 5.61. The van der Waals surface area contributed by atoms with Crippen molar-refractivity contribution in [2.45, 2.75) is 45.6 Å². The Bertz CT molecular complexity index is 1100. The molecule has 0 spiro atoms. The van der Waals surface area contributed by atoms with Crippen LogP contribution in [-0.2, 0) is 9.53 Å². The number of nitrogens with one attached hydrogen (secondary N) is 1. The molecule has 3 rings (SSSR count). The second kappa shape index (κ2) is 9.90. The smallest absolute Gasteiger partial charge is 0.359 e. The molecule has 2 aromatic carbocycles. The average molecular weight is 449 g/mol. The lowest BCUT2D eigenvalue weighted by molar-refractivity contribution is -0.117. The molecule has 0 aliphatic carbocycles. The van der Waals surface area contributed by atoms with Gasteiger partial charge >= 0.3 is 5.97 Å². The van der Waals surface area contributed by atoms with Crippen LogP contribution in [0.5, 0.6) is 0 Å². The van der Waals surface area contributed by atoms with Crippen molar-refractivity contribution in [3.8, 4) is 5.69 Å². The molecule has 0 bridgehead atoms. The number of hydrogen-bond donors (Lipinski definition) is 1. The van der Waals surface area contributed by atoms with E-state index in [1.807, 2.05) is 102 Å². The van der Waals surface area contributed by atoms with Gasteiger partial charge in [0.25, 0.3) is 0 Å². The average Bonchev–Trinajstić information content (AvgIpc) is 3.14. The topological polar surface area (TPSA) is 76.5 Å². The van der Waals surface area contributed by atoms with Crippen LogP contribution in [0.4, 0.5) is 11.8 Å². The molecule has 33 heavy (non-hydrogen) atoms. The zero-order valence-corrected chi connectivity index (χ0v) is 20.1. The minimum absolute atomic E-state index is 0.177. The molecule has 0 saturated carbocycles. The molecule has 7 nitrogen and oxygen atoms in total. The first kappa shape index (κ1) is 24.0. The number of imidazole rings is 1. The van der Waals surface area contributed by atoms with Crippen LogP contribution in [0.15, 0.2) is 60.7 Å². The highest BCUT2D eigenvalue weighted by Gasteiger charge is 2.31. The summed E-state index contributed by atoms with van der Waals surface area (Å²) in [4.78, 5) is 33.1. The number of rotatable bonds is 7. The number of hydrogen-bond acceptors (Lipinski definition) is 5. The first-order valence-electron chi connectivity index (χ1n) is 11.1. The van der Waals surface area contributed by atoms with Gasteiger partial charge in [-0.2, -0.15) is 4.98 Å². The maximum atomic E-state index is 13.3. The Kier molecular flexibility index (Phi) is 7.21. The predicted octanol–water partition coefficient (Wildman–Crippen LogP) is 5.03. The molecular formula is C26H32N4O3. The molecule has 1 N–H and O–H groups in total. The highest BCUT2D eigenvalue weighted by Crippen LogP contribution is 2.30. The van der Waals surface area contributed by atoms with Crippen LogP contribution in [0.25, 0.3) is 5.69 Å². The van der Waals surface area contributed by atoms with E-state index in [1.165, 1.54) is 0 Å². The van der Waals surface area contributed by atoms with Gasteiger partial charge < -0.3 is 15.0 Å². The van der Waals surface area contributed by atoms with E-state index in [0.29, 0.717) is 12.4 Å². The van der Waals surface area contributed by atoms with Crippen LogP contribution < -0.4 is 10.2 Å². The summed E-state index contributed by atoms with van der Waals surface area (Å²) in [6.07, 6.45) is 0.609. The number of nitrogens with zero attached hydrogens (tertiary/aromatic N) is 3. The van der Waals surface area contributed by atoms with E-state index >= 15 is 0 Å². The van der Waals surface area contributed by atoms with Gasteiger partial charge in [0.1, 0.15) is 5.60 Å². The van der Waals surface area contributed by atoms with Crippen molar-refractivity contribution in [2.24, 2.45) is 0 Å². The number of anilines is 2. The third-order valence-corrected chi connectivity index (χ3v) is 5.03. The minimum Gasteiger partial charge on any atom is -0.455 e. The van der Waals surface area contributed by atoms with Crippen LogP contribution in [0.3, 0.4) is 0 Å². The Morgan fingerprint density at radius 3 is 2.12 bits per heavy atom. The van der Waals surface area contributed by atoms with Gasteiger partial charge in [0.2, 0.25) is 11.9 Å². The number of esters is 1. The summed E-state index contributed by atoms with van der Waals surface area (Å²) >= 11 is 0. The molecule has 0 aliphatic rings. The second-order valence-corrected chi connectivity index (χ2v) is 9.04. The third-order valence-electron chi connectivity index (χ3n) is 5.03. The molecule has 3 aromatic rings. The van der Waals surface area contributed by atoms with E-state index < -0.39 is 11.6 Å². The molecular weight excluding hydrogens is 416 g/mol. The molecule has 1 unspecified atom stereocenters. The number of carbonyl (C=O) groups excluding carboxylic acids is 2. The van der Waals surface area contributed by atoms with Crippen LogP contribution in [0, 0.1) is 0 Å². The van der Waals surface area contributed by atoms with Gasteiger partial charge in [-0.1, -0.05) is 55.5 Å². The molecule has 0 saturated heterocycles. The molecule has 0 radical (unpaired) electrons. The zero-order chi connectivity index (χ0) is 24.2. The molecule has 7 heteroatoms. The van der Waals surface area contributed by atoms with E-state index in [1.54, 1.807) is 9.47 Å². The van der Waals surface area contributed by atoms with Crippen molar-refractivity contribution in [2.75, 3.05) is 24.3 Å². The van der Waals surface area contributed by atoms with Crippen molar-refractivity contribution in [1.29, 1.82) is 0 Å². The van der Waals surface area contributed by atoms with Crippen molar-refractivity contribution < 1.29 is 14.3 Å². The van der Waals surface area contributed by atoms with Gasteiger partial charge in [-0.15, -0.1) is 0 Å². The zero-order valence-electron chi connectivity index (χ0n) is 20.1. The van der Waals surface area contributed by atoms with Gasteiger partial charge in [0.15, 0.2) is 11.5 Å². The van der Waals surface area contributed by atoms with Crippen LogP contribution >= 0.6 is 0 Å². The standard InChI is InChI=1S/C26H32N4O3/c1-7-20(18-14-10-8-11-15-18)23(31)27-22-21(24(32)33-26(2,3)4)30(25(28-22)29(5)6)19-16-12-9-13-17-19/h8-17,20H,7H2,1-6H3,(H,27,31). The summed E-state index contributed by atoms with van der Waals surface area (Å²) in [6, 6.07) is 19.0. The van der Waals surface area contributed by atoms with Crippen molar-refractivity contribution in [1.82, 2.24) is 9.55 Å². The van der Waals surface area contributed by atoms with Crippen molar-refractivity contribution in [3.05, 3.63) is 71.9 Å². The van der Waals surface area contributed by atoms with Gasteiger partial charge in [0, 0.05) is 19.8 Å². The van der Waals surface area contributed by atoms with Crippen LogP contribution in [-0.4, -0.2) is 41.1 Å². The number of amides is 1. The summed E-state index contributed by atoms with van der Waals surface area (Å²) in [5.41, 5.74) is 1.12. The molecule has 0 fully saturated rings. The molecule has 1 amide bonds. The van der Waals surface area contributed by atoms with Crippen molar-refractivity contribution >= 4 is 23.6 Å². The normalized spacial score (nSPS) is 12.2. The van der Waals surface area contributed by atoms with Crippen LogP contribution in [0.1, 0.15) is 56.1 Å². The fraction of sp³-hybridized carbons (Fsp3) is 0.346. The van der Waals surface area contributed by atoms with E-state index in [9.17, 15) is 9.59 Å². The Morgan fingerprint density at radius 1 is 1.03 bits per heavy atom. The van der Waals surface area contributed by atoms with E-state index in [0.717, 1.165) is 11.3 Å². The van der Waals surface area contributed by atoms with Crippen molar-refractivity contribution in [3.63, 3.8) is 0 Å². The van der Waals surface area contributed by atoms with E-state index in [2.05, 4.69) is 10.3 Å². The lowest BCUT2D eigenvalue weighted by atomic mass is 9.96. The fourth-order valence-corrected chi connectivity index (χ4v) is 3.59. The molecule has 0 aliphatic heterocycles. The molecule has 1 heterocycles. The Hall–Kier alpha value is -3.61. The fourth-order valence-electron chi connectivity index (χ4n) is 3.59. The number of benzene rings is 2. The number of aromatic nitrogens is 2. The quantitative estimate of drug-likeness (QED) is 0.513. The lowest BCUT2D eigenvalue weighted by Gasteiger charge is -2.21. The summed E-state index contributed by atoms with van der Waals surface area (Å²) in [5, 5.41) is 2.91. The van der Waals surface area contributed by atoms with Gasteiger partial charge in [0.05, 0.1) is 5.92 Å². The predicted molar refractivity (Wildman–Crippen MR) is 131 cm³/mol. The molecule has 1 aromatic heterocycles. The number of ether oxygens (including phenoxy) is 1. The minimum atomic E-state index is -0.710. The SMILES string of the molecule is CCC(C(=O)Nc1nc(N(C)C)n(-c2ccccc2)c1C(=O)OC(C)(C)C)c1ccccc1. The maximum Gasteiger partial charge on any atom is 0.359 e. The largest absolute Gasteiger partial charge is 0.455 e. The number of carbonyl (C=O) groups is 2. The summed E-state index contributed by atoms with van der Waals surface area (Å²) in [6.45, 7) is 7.38. The van der Waals surface area contributed by atoms with E-state index in [-0.39, 0.29) is 23.3 Å². The Labute approximate surface area is 195 Å². The molecule has 1 atom stereocenters. The first-order valence-corrected chi connectivity index (χ1v) is 11.1. The first-order chi connectivity index (χ1) is 15.6. The van der Waals surface area contributed by atoms with Gasteiger partial charge in [-0.25, -0.2) is 4.79 Å². The van der Waals surface area contributed by atoms with Crippen LogP contribution in [0.2, 0.25) is 0 Å². The Morgan fingerprint density at radius 2 is 1.61 bits per heavy atom. The highest BCUT2D eigenvalue weighted by molar-refractivity contribution is 6.02. The number of para-hydroxylation sites is 1. The summed E-state index contributed by atoms with van der Waals surface area (Å²) < 4.78 is 7.42. The van der Waals surface area contributed by atoms with E-state index in [4.69, 9.17) is 4.74 Å². The monoisotopic (exact) mass is 448 g/mol. The lowest BCUT2D eigenvalue weighted by Crippen LogP contribution is -2.27. The van der Waals surface area contributed by atoms with Gasteiger partial charge in [-0.3, -0.25) is 9.36 Å². The molecule has 174 valence electrons. The summed E-state index contributed by atoms with van der Waals surface area (Å²) in [5.74, 6) is -0.477. The second-order valence-electron chi connectivity index (χ2n) is 9.04. The highest BCUT2D eigenvalue weighted by atomic mass is 16.6. The Balaban J connectivity index is 2.12. The summed E-state index contributed by atoms with van der Waals surface area (Å²) in [7, 11) is 3.68. The maximum absolute atomic E-state index is 13.3.